The molecule has 0 unspecified atom stereocenters. The standard InChI is InChI=1S/C14H11BrN2OS/c15-12-4-6-18-13(12)9-17-11-3-1-2-10(8-11)14-16-5-7-19-14/h1-8,17H,9H2. The minimum Gasteiger partial charge on any atom is -0.466 e. The minimum atomic E-state index is 0.648. The Morgan fingerprint density at radius 3 is 3.00 bits per heavy atom. The van der Waals surface area contributed by atoms with Crippen LogP contribution in [-0.2, 0) is 6.54 Å². The zero-order valence-electron chi connectivity index (χ0n) is 9.97. The molecule has 0 saturated heterocycles. The van der Waals surface area contributed by atoms with Crippen LogP contribution in [-0.4, -0.2) is 4.98 Å². The molecule has 0 aliphatic heterocycles. The maximum Gasteiger partial charge on any atom is 0.136 e. The first kappa shape index (κ1) is 12.4. The number of hydrogen-bond acceptors (Lipinski definition) is 4. The first-order valence-corrected chi connectivity index (χ1v) is 7.46. The minimum absolute atomic E-state index is 0.648. The first-order chi connectivity index (χ1) is 9.33. The van der Waals surface area contributed by atoms with E-state index in [2.05, 4.69) is 38.4 Å². The molecule has 5 heteroatoms. The van der Waals surface area contributed by atoms with Gasteiger partial charge in [-0.15, -0.1) is 11.3 Å². The Hall–Kier alpha value is -1.59. The summed E-state index contributed by atoms with van der Waals surface area (Å²) in [6, 6.07) is 10.1. The van der Waals surface area contributed by atoms with E-state index in [1.165, 1.54) is 0 Å². The Morgan fingerprint density at radius 1 is 1.32 bits per heavy atom. The van der Waals surface area contributed by atoms with E-state index in [0.29, 0.717) is 6.54 Å². The number of rotatable bonds is 4. The van der Waals surface area contributed by atoms with Crippen LogP contribution in [0.3, 0.4) is 0 Å². The van der Waals surface area contributed by atoms with Crippen molar-refractivity contribution in [1.82, 2.24) is 4.98 Å². The van der Waals surface area contributed by atoms with Gasteiger partial charge in [-0.25, -0.2) is 4.98 Å². The lowest BCUT2D eigenvalue weighted by atomic mass is 10.2. The molecule has 3 aromatic rings. The molecule has 0 fully saturated rings. The Bertz CT molecular complexity index is 664. The third-order valence-corrected chi connectivity index (χ3v) is 4.21. The van der Waals surface area contributed by atoms with Gasteiger partial charge < -0.3 is 9.73 Å². The van der Waals surface area contributed by atoms with Crippen molar-refractivity contribution >= 4 is 33.0 Å². The second kappa shape index (κ2) is 5.59. The van der Waals surface area contributed by atoms with Crippen LogP contribution in [0.4, 0.5) is 5.69 Å². The maximum absolute atomic E-state index is 5.37. The average molecular weight is 335 g/mol. The van der Waals surface area contributed by atoms with Gasteiger partial charge in [-0.3, -0.25) is 0 Å². The van der Waals surface area contributed by atoms with Crippen LogP contribution in [0.1, 0.15) is 5.76 Å². The van der Waals surface area contributed by atoms with E-state index in [1.807, 2.05) is 29.8 Å². The predicted octanol–water partition coefficient (Wildman–Crippen LogP) is 4.78. The summed E-state index contributed by atoms with van der Waals surface area (Å²) in [6.07, 6.45) is 3.49. The van der Waals surface area contributed by atoms with Crippen LogP contribution < -0.4 is 5.32 Å². The van der Waals surface area contributed by atoms with Crippen molar-refractivity contribution in [2.24, 2.45) is 0 Å². The number of nitrogens with zero attached hydrogens (tertiary/aromatic N) is 1. The number of benzene rings is 1. The van der Waals surface area contributed by atoms with Gasteiger partial charge in [-0.05, 0) is 34.1 Å². The van der Waals surface area contributed by atoms with Crippen LogP contribution in [0.2, 0.25) is 0 Å². The smallest absolute Gasteiger partial charge is 0.136 e. The van der Waals surface area contributed by atoms with E-state index < -0.39 is 0 Å². The van der Waals surface area contributed by atoms with Crippen LogP contribution >= 0.6 is 27.3 Å². The number of nitrogens with one attached hydrogen (secondary N) is 1. The van der Waals surface area contributed by atoms with Crippen LogP contribution in [0.25, 0.3) is 10.6 Å². The van der Waals surface area contributed by atoms with Crippen molar-refractivity contribution < 1.29 is 4.42 Å². The number of halogens is 1. The highest BCUT2D eigenvalue weighted by Crippen LogP contribution is 2.25. The largest absolute Gasteiger partial charge is 0.466 e. The van der Waals surface area contributed by atoms with E-state index in [0.717, 1.165) is 26.5 Å². The first-order valence-electron chi connectivity index (χ1n) is 5.78. The van der Waals surface area contributed by atoms with Crippen molar-refractivity contribution in [1.29, 1.82) is 0 Å². The summed E-state index contributed by atoms with van der Waals surface area (Å²) in [4.78, 5) is 4.32. The Labute approximate surface area is 123 Å². The molecule has 3 nitrogen and oxygen atoms in total. The second-order valence-corrected chi connectivity index (χ2v) is 5.71. The average Bonchev–Trinajstić information content (AvgIpc) is 3.08. The topological polar surface area (TPSA) is 38.1 Å². The van der Waals surface area contributed by atoms with Crippen molar-refractivity contribution in [3.8, 4) is 10.6 Å². The SMILES string of the molecule is Brc1ccoc1CNc1cccc(-c2nccs2)c1. The number of anilines is 1. The number of hydrogen-bond donors (Lipinski definition) is 1. The van der Waals surface area contributed by atoms with Crippen LogP contribution in [0.15, 0.2) is 57.1 Å². The van der Waals surface area contributed by atoms with E-state index in [1.54, 1.807) is 17.6 Å². The third-order valence-electron chi connectivity index (χ3n) is 2.69. The Balaban J connectivity index is 1.75. The van der Waals surface area contributed by atoms with Crippen molar-refractivity contribution in [3.05, 3.63) is 58.4 Å². The summed E-state index contributed by atoms with van der Waals surface area (Å²) in [6.45, 7) is 0.648. The molecular weight excluding hydrogens is 324 g/mol. The van der Waals surface area contributed by atoms with E-state index in [4.69, 9.17) is 4.42 Å². The number of aromatic nitrogens is 1. The molecule has 2 heterocycles. The van der Waals surface area contributed by atoms with Crippen LogP contribution in [0.5, 0.6) is 0 Å². The second-order valence-electron chi connectivity index (χ2n) is 3.96. The molecule has 0 radical (unpaired) electrons. The normalized spacial score (nSPS) is 10.6. The summed E-state index contributed by atoms with van der Waals surface area (Å²) < 4.78 is 6.35. The maximum atomic E-state index is 5.37. The molecule has 19 heavy (non-hydrogen) atoms. The highest BCUT2D eigenvalue weighted by molar-refractivity contribution is 9.10. The number of thiazole rings is 1. The van der Waals surface area contributed by atoms with Gasteiger partial charge in [-0.2, -0.15) is 0 Å². The molecule has 0 spiro atoms. The quantitative estimate of drug-likeness (QED) is 0.746. The molecule has 3 rings (SSSR count). The molecule has 0 aliphatic rings. The molecular formula is C14H11BrN2OS. The lowest BCUT2D eigenvalue weighted by Gasteiger charge is -2.06. The molecule has 1 aromatic carbocycles. The highest BCUT2D eigenvalue weighted by atomic mass is 79.9. The predicted molar refractivity (Wildman–Crippen MR) is 81.3 cm³/mol. The molecule has 0 atom stereocenters. The highest BCUT2D eigenvalue weighted by Gasteiger charge is 2.04. The summed E-state index contributed by atoms with van der Waals surface area (Å²) >= 11 is 5.08. The fourth-order valence-electron chi connectivity index (χ4n) is 1.76. The van der Waals surface area contributed by atoms with E-state index in [9.17, 15) is 0 Å². The van der Waals surface area contributed by atoms with Gasteiger partial charge in [0.05, 0.1) is 17.3 Å². The summed E-state index contributed by atoms with van der Waals surface area (Å²) in [5, 5.41) is 6.36. The van der Waals surface area contributed by atoms with Crippen molar-refractivity contribution in [2.75, 3.05) is 5.32 Å². The fourth-order valence-corrected chi connectivity index (χ4v) is 2.74. The summed E-state index contributed by atoms with van der Waals surface area (Å²) in [7, 11) is 0. The van der Waals surface area contributed by atoms with E-state index in [-0.39, 0.29) is 0 Å². The van der Waals surface area contributed by atoms with Gasteiger partial charge in [0.1, 0.15) is 10.8 Å². The molecule has 0 saturated carbocycles. The monoisotopic (exact) mass is 334 g/mol. The third kappa shape index (κ3) is 2.88. The summed E-state index contributed by atoms with van der Waals surface area (Å²) in [5.74, 6) is 0.889. The van der Waals surface area contributed by atoms with E-state index >= 15 is 0 Å². The van der Waals surface area contributed by atoms with Gasteiger partial charge >= 0.3 is 0 Å². The number of furan rings is 1. The van der Waals surface area contributed by atoms with Gasteiger partial charge in [-0.1, -0.05) is 12.1 Å². The fraction of sp³-hybridized carbons (Fsp3) is 0.0714. The molecule has 0 aliphatic carbocycles. The zero-order chi connectivity index (χ0) is 13.1. The molecule has 2 aromatic heterocycles. The van der Waals surface area contributed by atoms with Crippen LogP contribution in [0, 0.1) is 0 Å². The lowest BCUT2D eigenvalue weighted by molar-refractivity contribution is 0.516. The molecule has 0 bridgehead atoms. The Kier molecular flexibility index (Phi) is 3.66. The van der Waals surface area contributed by atoms with Gasteiger partial charge in [0.25, 0.3) is 0 Å². The molecule has 0 amide bonds. The Morgan fingerprint density at radius 2 is 2.26 bits per heavy atom. The lowest BCUT2D eigenvalue weighted by Crippen LogP contribution is -1.98. The van der Waals surface area contributed by atoms with Crippen molar-refractivity contribution in [3.63, 3.8) is 0 Å². The van der Waals surface area contributed by atoms with Gasteiger partial charge in [0.15, 0.2) is 0 Å². The zero-order valence-corrected chi connectivity index (χ0v) is 12.4. The molecule has 96 valence electrons. The van der Waals surface area contributed by atoms with Crippen molar-refractivity contribution in [2.45, 2.75) is 6.54 Å². The van der Waals surface area contributed by atoms with Gasteiger partial charge in [0, 0.05) is 22.8 Å². The summed E-state index contributed by atoms with van der Waals surface area (Å²) in [5.41, 5.74) is 2.18. The molecule has 1 N–H and O–H groups in total. The van der Waals surface area contributed by atoms with Gasteiger partial charge in [0.2, 0.25) is 0 Å².